The second-order valence-corrected chi connectivity index (χ2v) is 2.85. The Morgan fingerprint density at radius 2 is 1.69 bits per heavy atom. The largest absolute Gasteiger partial charge is 0.368 e. The molecule has 4 heteroatoms. The second-order valence-electron chi connectivity index (χ2n) is 2.85. The number of nitrogens with two attached hydrogens (primary N) is 1. The zero-order valence-electron chi connectivity index (χ0n) is 8.54. The lowest BCUT2D eigenvalue weighted by Crippen LogP contribution is -2.49. The van der Waals surface area contributed by atoms with Crippen LogP contribution in [0.1, 0.15) is 27.2 Å². The first kappa shape index (κ1) is 12.1. The van der Waals surface area contributed by atoms with Crippen LogP contribution in [0, 0.1) is 0 Å². The molecule has 1 atom stereocenters. The summed E-state index contributed by atoms with van der Waals surface area (Å²) in [6, 6.07) is -0.736. The highest BCUT2D eigenvalue weighted by atomic mass is 16.2. The van der Waals surface area contributed by atoms with Crippen molar-refractivity contribution in [3.05, 3.63) is 0 Å². The smallest absolute Gasteiger partial charge is 0.242 e. The third-order valence-corrected chi connectivity index (χ3v) is 2.10. The minimum Gasteiger partial charge on any atom is -0.368 e. The molecule has 1 unspecified atom stereocenters. The maximum absolute atomic E-state index is 11.4. The van der Waals surface area contributed by atoms with E-state index in [0.717, 1.165) is 0 Å². The minimum absolute atomic E-state index is 0.101. The van der Waals surface area contributed by atoms with Gasteiger partial charge in [0.25, 0.3) is 0 Å². The van der Waals surface area contributed by atoms with Gasteiger partial charge in [0.05, 0.1) is 0 Å². The zero-order valence-corrected chi connectivity index (χ0v) is 8.54. The molecule has 0 rings (SSSR count). The summed E-state index contributed by atoms with van der Waals surface area (Å²) in [6.07, 6.45) is 0.351. The lowest BCUT2D eigenvalue weighted by atomic mass is 10.1. The van der Waals surface area contributed by atoms with Crippen molar-refractivity contribution in [3.8, 4) is 0 Å². The van der Waals surface area contributed by atoms with Crippen LogP contribution in [-0.4, -0.2) is 35.7 Å². The molecule has 0 aliphatic heterocycles. The molecule has 4 nitrogen and oxygen atoms in total. The Kier molecular flexibility index (Phi) is 5.30. The van der Waals surface area contributed by atoms with Crippen LogP contribution in [0.2, 0.25) is 0 Å². The minimum atomic E-state index is -0.736. The normalized spacial score (nSPS) is 12.9. The van der Waals surface area contributed by atoms with Gasteiger partial charge in [0.1, 0.15) is 6.04 Å². The number of hydrogen-bond acceptors (Lipinski definition) is 3. The molecule has 0 fully saturated rings. The summed E-state index contributed by atoms with van der Waals surface area (Å²) in [5.41, 5.74) is 5.16. The molecule has 0 aromatic heterocycles. The Morgan fingerprint density at radius 3 is 1.92 bits per heavy atom. The van der Waals surface area contributed by atoms with Crippen LogP contribution in [0.25, 0.3) is 0 Å². The molecule has 0 radical (unpaired) electrons. The lowest BCUT2D eigenvalue weighted by Gasteiger charge is -2.25. The van der Waals surface area contributed by atoms with Crippen LogP contribution >= 0.6 is 0 Å². The number of rotatable bonds is 6. The molecule has 0 aromatic carbocycles. The Hall–Kier alpha value is -0.900. The fraction of sp³-hybridized carbons (Fsp3) is 0.778. The van der Waals surface area contributed by atoms with Gasteiger partial charge in [-0.3, -0.25) is 14.5 Å². The van der Waals surface area contributed by atoms with Crippen LogP contribution < -0.4 is 5.73 Å². The standard InChI is InChI=1S/C9H18N2O2/c1-4-7(12)8(9(10)13)11(5-2)6-3/h8H,4-6H2,1-3H3,(H2,10,13). The molecule has 0 aliphatic carbocycles. The van der Waals surface area contributed by atoms with Crippen LogP contribution in [0.15, 0.2) is 0 Å². The van der Waals surface area contributed by atoms with Crippen molar-refractivity contribution in [2.24, 2.45) is 5.73 Å². The zero-order chi connectivity index (χ0) is 10.4. The highest BCUT2D eigenvalue weighted by Gasteiger charge is 2.27. The molecule has 0 saturated carbocycles. The predicted octanol–water partition coefficient (Wildman–Crippen LogP) is 0.161. The van der Waals surface area contributed by atoms with E-state index in [2.05, 4.69) is 0 Å². The number of carbonyl (C=O) groups excluding carboxylic acids is 2. The SMILES string of the molecule is CCC(=O)C(C(N)=O)N(CC)CC. The van der Waals surface area contributed by atoms with Gasteiger partial charge in [0.15, 0.2) is 5.78 Å². The molecule has 0 aromatic rings. The molecular weight excluding hydrogens is 168 g/mol. The van der Waals surface area contributed by atoms with Crippen LogP contribution in [0.4, 0.5) is 0 Å². The summed E-state index contributed by atoms with van der Waals surface area (Å²) in [7, 11) is 0. The van der Waals surface area contributed by atoms with E-state index < -0.39 is 11.9 Å². The molecule has 13 heavy (non-hydrogen) atoms. The van der Waals surface area contributed by atoms with Gasteiger partial charge in [0.2, 0.25) is 5.91 Å². The number of Topliss-reactive ketones (excluding diaryl/α,β-unsaturated/α-hetero) is 1. The van der Waals surface area contributed by atoms with Gasteiger partial charge < -0.3 is 5.73 Å². The summed E-state index contributed by atoms with van der Waals surface area (Å²) in [5, 5.41) is 0. The summed E-state index contributed by atoms with van der Waals surface area (Å²) in [4.78, 5) is 24.2. The van der Waals surface area contributed by atoms with Gasteiger partial charge in [-0.15, -0.1) is 0 Å². The average molecular weight is 186 g/mol. The Balaban J connectivity index is 4.57. The van der Waals surface area contributed by atoms with Crippen molar-refractivity contribution in [1.29, 1.82) is 0 Å². The second kappa shape index (κ2) is 5.70. The number of likely N-dealkylation sites (N-methyl/N-ethyl adjacent to an activating group) is 1. The summed E-state index contributed by atoms with van der Waals surface area (Å²) >= 11 is 0. The third kappa shape index (κ3) is 3.14. The van der Waals surface area contributed by atoms with Crippen molar-refractivity contribution in [1.82, 2.24) is 4.90 Å². The maximum atomic E-state index is 11.4. The van der Waals surface area contributed by atoms with Gasteiger partial charge in [-0.25, -0.2) is 0 Å². The Labute approximate surface area is 79.1 Å². The van der Waals surface area contributed by atoms with Crippen molar-refractivity contribution in [3.63, 3.8) is 0 Å². The van der Waals surface area contributed by atoms with Crippen molar-refractivity contribution in [2.75, 3.05) is 13.1 Å². The molecule has 0 spiro atoms. The first-order chi connectivity index (χ1) is 6.08. The average Bonchev–Trinajstić information content (AvgIpc) is 2.12. The topological polar surface area (TPSA) is 63.4 Å². The van der Waals surface area contributed by atoms with Crippen LogP contribution in [0.3, 0.4) is 0 Å². The van der Waals surface area contributed by atoms with Gasteiger partial charge in [-0.2, -0.15) is 0 Å². The monoisotopic (exact) mass is 186 g/mol. The fourth-order valence-corrected chi connectivity index (χ4v) is 1.32. The Morgan fingerprint density at radius 1 is 1.23 bits per heavy atom. The number of amides is 1. The number of nitrogens with zero attached hydrogens (tertiary/aromatic N) is 1. The van der Waals surface area contributed by atoms with E-state index in [1.54, 1.807) is 11.8 Å². The van der Waals surface area contributed by atoms with E-state index in [1.165, 1.54) is 0 Å². The summed E-state index contributed by atoms with van der Waals surface area (Å²) < 4.78 is 0. The van der Waals surface area contributed by atoms with Crippen LogP contribution in [-0.2, 0) is 9.59 Å². The molecule has 0 bridgehead atoms. The molecule has 1 amide bonds. The molecular formula is C9H18N2O2. The summed E-state index contributed by atoms with van der Waals surface area (Å²) in [6.45, 7) is 6.87. The molecule has 0 heterocycles. The lowest BCUT2D eigenvalue weighted by molar-refractivity contribution is -0.133. The van der Waals surface area contributed by atoms with Crippen molar-refractivity contribution >= 4 is 11.7 Å². The molecule has 0 aliphatic rings. The quantitative estimate of drug-likeness (QED) is 0.601. The third-order valence-electron chi connectivity index (χ3n) is 2.10. The predicted molar refractivity (Wildman–Crippen MR) is 51.2 cm³/mol. The van der Waals surface area contributed by atoms with E-state index in [4.69, 9.17) is 5.73 Å². The molecule has 76 valence electrons. The number of carbonyl (C=O) groups is 2. The van der Waals surface area contributed by atoms with Crippen molar-refractivity contribution in [2.45, 2.75) is 33.2 Å². The van der Waals surface area contributed by atoms with E-state index in [0.29, 0.717) is 19.5 Å². The van der Waals surface area contributed by atoms with E-state index in [1.807, 2.05) is 13.8 Å². The van der Waals surface area contributed by atoms with Crippen molar-refractivity contribution < 1.29 is 9.59 Å². The van der Waals surface area contributed by atoms with E-state index in [-0.39, 0.29) is 5.78 Å². The first-order valence-corrected chi connectivity index (χ1v) is 4.64. The van der Waals surface area contributed by atoms with Gasteiger partial charge >= 0.3 is 0 Å². The molecule has 2 N–H and O–H groups in total. The van der Waals surface area contributed by atoms with Gasteiger partial charge in [-0.1, -0.05) is 20.8 Å². The summed E-state index contributed by atoms with van der Waals surface area (Å²) in [5.74, 6) is -0.647. The van der Waals surface area contributed by atoms with Gasteiger partial charge in [-0.05, 0) is 13.1 Å². The van der Waals surface area contributed by atoms with E-state index in [9.17, 15) is 9.59 Å². The Bertz CT molecular complexity index is 188. The number of ketones is 1. The highest BCUT2D eigenvalue weighted by molar-refractivity contribution is 6.04. The molecule has 0 saturated heterocycles. The van der Waals surface area contributed by atoms with Gasteiger partial charge in [0, 0.05) is 6.42 Å². The first-order valence-electron chi connectivity index (χ1n) is 4.64. The van der Waals surface area contributed by atoms with E-state index >= 15 is 0 Å². The highest BCUT2D eigenvalue weighted by Crippen LogP contribution is 2.02. The maximum Gasteiger partial charge on any atom is 0.242 e. The van der Waals surface area contributed by atoms with Crippen LogP contribution in [0.5, 0.6) is 0 Å². The fourth-order valence-electron chi connectivity index (χ4n) is 1.32. The number of hydrogen-bond donors (Lipinski definition) is 1. The number of primary amides is 1.